The Labute approximate surface area is 94.1 Å². The molecule has 0 atom stereocenters. The first-order chi connectivity index (χ1) is 7.29. The molecule has 0 spiro atoms. The van der Waals surface area contributed by atoms with Crippen molar-refractivity contribution < 1.29 is 19.4 Å². The predicted octanol–water partition coefficient (Wildman–Crippen LogP) is 1.15. The summed E-state index contributed by atoms with van der Waals surface area (Å²) in [5, 5.41) is 21.2. The molecule has 0 aromatic carbocycles. The van der Waals surface area contributed by atoms with Crippen molar-refractivity contribution >= 4 is 5.97 Å². The Balaban J connectivity index is 2.58. The van der Waals surface area contributed by atoms with Gasteiger partial charge in [0, 0.05) is 18.7 Å². The van der Waals surface area contributed by atoms with E-state index in [4.69, 9.17) is 9.52 Å². The van der Waals surface area contributed by atoms with Crippen molar-refractivity contribution in [3.8, 4) is 0 Å². The molecule has 0 fully saturated rings. The van der Waals surface area contributed by atoms with E-state index in [1.54, 1.807) is 20.8 Å². The van der Waals surface area contributed by atoms with Gasteiger partial charge in [0.25, 0.3) is 0 Å². The van der Waals surface area contributed by atoms with Crippen molar-refractivity contribution in [2.24, 2.45) is 0 Å². The fourth-order valence-corrected chi connectivity index (χ4v) is 1.30. The zero-order valence-electron chi connectivity index (χ0n) is 9.70. The Kier molecular flexibility index (Phi) is 3.72. The maximum atomic E-state index is 10.6. The largest absolute Gasteiger partial charge is 0.475 e. The molecule has 1 rings (SSSR count). The topological polar surface area (TPSA) is 82.7 Å². The normalized spacial score (nSPS) is 11.8. The molecule has 0 amide bonds. The summed E-state index contributed by atoms with van der Waals surface area (Å²) in [7, 11) is 0. The first kappa shape index (κ1) is 12.7. The average molecular weight is 227 g/mol. The molecule has 1 aromatic heterocycles. The lowest BCUT2D eigenvalue weighted by Gasteiger charge is -2.17. The highest BCUT2D eigenvalue weighted by atomic mass is 16.4. The van der Waals surface area contributed by atoms with Crippen molar-refractivity contribution in [1.29, 1.82) is 0 Å². The molecule has 0 aliphatic carbocycles. The molecule has 5 nitrogen and oxygen atoms in total. The van der Waals surface area contributed by atoms with Crippen molar-refractivity contribution in [2.45, 2.75) is 32.9 Å². The first-order valence-corrected chi connectivity index (χ1v) is 5.05. The highest BCUT2D eigenvalue weighted by molar-refractivity contribution is 5.84. The van der Waals surface area contributed by atoms with Gasteiger partial charge in [-0.3, -0.25) is 0 Å². The molecule has 0 aliphatic rings. The Bertz CT molecular complexity index is 376. The number of rotatable bonds is 5. The lowest BCUT2D eigenvalue weighted by molar-refractivity contribution is 0.0660. The third-order valence-electron chi connectivity index (χ3n) is 2.10. The number of carboxylic acid groups (broad SMARTS) is 1. The van der Waals surface area contributed by atoms with E-state index in [0.29, 0.717) is 18.8 Å². The minimum atomic E-state index is -1.07. The van der Waals surface area contributed by atoms with Gasteiger partial charge in [-0.1, -0.05) is 0 Å². The van der Waals surface area contributed by atoms with Crippen LogP contribution < -0.4 is 5.32 Å². The van der Waals surface area contributed by atoms with Crippen molar-refractivity contribution in [3.63, 3.8) is 0 Å². The summed E-state index contributed by atoms with van der Waals surface area (Å²) in [5.74, 6) is -0.546. The van der Waals surface area contributed by atoms with Crippen molar-refractivity contribution in [2.75, 3.05) is 6.54 Å². The summed E-state index contributed by atoms with van der Waals surface area (Å²) in [4.78, 5) is 10.6. The summed E-state index contributed by atoms with van der Waals surface area (Å²) in [5.41, 5.74) is 0.00874. The standard InChI is InChI=1S/C11H17NO4/c1-7-8(4-9(16-7)10(13)14)5-12-6-11(2,3)15/h4,12,15H,5-6H2,1-3H3,(H,13,14). The fraction of sp³-hybridized carbons (Fsp3) is 0.545. The van der Waals surface area contributed by atoms with Gasteiger partial charge in [-0.05, 0) is 26.8 Å². The van der Waals surface area contributed by atoms with Gasteiger partial charge in [0.2, 0.25) is 5.76 Å². The third kappa shape index (κ3) is 3.67. The molecular weight excluding hydrogens is 210 g/mol. The number of aromatic carboxylic acids is 1. The highest BCUT2D eigenvalue weighted by Gasteiger charge is 2.15. The van der Waals surface area contributed by atoms with E-state index in [9.17, 15) is 9.90 Å². The Morgan fingerprint density at radius 2 is 2.19 bits per heavy atom. The van der Waals surface area contributed by atoms with Crippen LogP contribution in [-0.2, 0) is 6.54 Å². The molecule has 0 radical (unpaired) electrons. The second-order valence-electron chi connectivity index (χ2n) is 4.41. The van der Waals surface area contributed by atoms with Gasteiger partial charge >= 0.3 is 5.97 Å². The zero-order chi connectivity index (χ0) is 12.3. The van der Waals surface area contributed by atoms with Crippen molar-refractivity contribution in [1.82, 2.24) is 5.32 Å². The number of furan rings is 1. The number of hydrogen-bond donors (Lipinski definition) is 3. The number of aliphatic hydroxyl groups is 1. The minimum absolute atomic E-state index is 0.0578. The van der Waals surface area contributed by atoms with Crippen LogP contribution in [0.25, 0.3) is 0 Å². The number of nitrogens with one attached hydrogen (secondary N) is 1. The molecule has 0 unspecified atom stereocenters. The van der Waals surface area contributed by atoms with Crippen LogP contribution in [0.5, 0.6) is 0 Å². The fourth-order valence-electron chi connectivity index (χ4n) is 1.30. The number of carbonyl (C=O) groups is 1. The summed E-state index contributed by atoms with van der Waals surface area (Å²) < 4.78 is 5.06. The van der Waals surface area contributed by atoms with Crippen LogP contribution in [0.2, 0.25) is 0 Å². The number of aryl methyl sites for hydroxylation is 1. The predicted molar refractivity (Wildman–Crippen MR) is 58.4 cm³/mol. The molecule has 0 saturated heterocycles. The van der Waals surface area contributed by atoms with E-state index >= 15 is 0 Å². The lowest BCUT2D eigenvalue weighted by Crippen LogP contribution is -2.34. The summed E-state index contributed by atoms with van der Waals surface area (Å²) in [6.45, 7) is 6.02. The van der Waals surface area contributed by atoms with E-state index in [-0.39, 0.29) is 5.76 Å². The van der Waals surface area contributed by atoms with Gasteiger partial charge < -0.3 is 19.9 Å². The second-order valence-corrected chi connectivity index (χ2v) is 4.41. The van der Waals surface area contributed by atoms with Crippen LogP contribution in [0.15, 0.2) is 10.5 Å². The Morgan fingerprint density at radius 3 is 2.62 bits per heavy atom. The highest BCUT2D eigenvalue weighted by Crippen LogP contribution is 2.14. The summed E-state index contributed by atoms with van der Waals surface area (Å²) >= 11 is 0. The smallest absolute Gasteiger partial charge is 0.371 e. The van der Waals surface area contributed by atoms with Gasteiger partial charge in [0.1, 0.15) is 5.76 Å². The molecule has 3 N–H and O–H groups in total. The van der Waals surface area contributed by atoms with Crippen LogP contribution >= 0.6 is 0 Å². The summed E-state index contributed by atoms with van der Waals surface area (Å²) in [6.07, 6.45) is 0. The van der Waals surface area contributed by atoms with Crippen LogP contribution in [0.4, 0.5) is 0 Å². The van der Waals surface area contributed by atoms with E-state index in [1.807, 2.05) is 0 Å². The van der Waals surface area contributed by atoms with Gasteiger partial charge in [0.15, 0.2) is 0 Å². The minimum Gasteiger partial charge on any atom is -0.475 e. The molecule has 5 heteroatoms. The van der Waals surface area contributed by atoms with E-state index < -0.39 is 11.6 Å². The van der Waals surface area contributed by atoms with E-state index in [0.717, 1.165) is 5.56 Å². The molecule has 90 valence electrons. The van der Waals surface area contributed by atoms with Crippen molar-refractivity contribution in [3.05, 3.63) is 23.2 Å². The van der Waals surface area contributed by atoms with Gasteiger partial charge in [-0.2, -0.15) is 0 Å². The molecule has 0 saturated carbocycles. The Hall–Kier alpha value is -1.33. The van der Waals surface area contributed by atoms with Crippen LogP contribution in [0.3, 0.4) is 0 Å². The molecule has 1 aromatic rings. The van der Waals surface area contributed by atoms with Gasteiger partial charge in [0.05, 0.1) is 5.60 Å². The zero-order valence-corrected chi connectivity index (χ0v) is 9.70. The third-order valence-corrected chi connectivity index (χ3v) is 2.10. The van der Waals surface area contributed by atoms with Crippen LogP contribution in [0, 0.1) is 6.92 Å². The average Bonchev–Trinajstić information content (AvgIpc) is 2.46. The first-order valence-electron chi connectivity index (χ1n) is 5.05. The molecular formula is C11H17NO4. The van der Waals surface area contributed by atoms with Crippen LogP contribution in [-0.4, -0.2) is 28.3 Å². The van der Waals surface area contributed by atoms with E-state index in [2.05, 4.69) is 5.32 Å². The SMILES string of the molecule is Cc1oc(C(=O)O)cc1CNCC(C)(C)O. The van der Waals surface area contributed by atoms with Gasteiger partial charge in [-0.15, -0.1) is 0 Å². The quantitative estimate of drug-likeness (QED) is 0.702. The van der Waals surface area contributed by atoms with Crippen LogP contribution in [0.1, 0.15) is 35.7 Å². The maximum Gasteiger partial charge on any atom is 0.371 e. The lowest BCUT2D eigenvalue weighted by atomic mass is 10.1. The number of hydrogen-bond acceptors (Lipinski definition) is 4. The van der Waals surface area contributed by atoms with E-state index in [1.165, 1.54) is 6.07 Å². The monoisotopic (exact) mass is 227 g/mol. The number of carboxylic acids is 1. The molecule has 0 aliphatic heterocycles. The molecule has 16 heavy (non-hydrogen) atoms. The second kappa shape index (κ2) is 4.67. The Morgan fingerprint density at radius 1 is 1.56 bits per heavy atom. The van der Waals surface area contributed by atoms with Gasteiger partial charge in [-0.25, -0.2) is 4.79 Å². The molecule has 1 heterocycles. The maximum absolute atomic E-state index is 10.6. The summed E-state index contributed by atoms with van der Waals surface area (Å²) in [6, 6.07) is 1.50. The molecule has 0 bridgehead atoms.